The predicted molar refractivity (Wildman–Crippen MR) is 148 cm³/mol. The van der Waals surface area contributed by atoms with Crippen molar-refractivity contribution in [2.24, 2.45) is 0 Å². The Bertz CT molecular complexity index is 1950. The van der Waals surface area contributed by atoms with Crippen LogP contribution >= 0.6 is 0 Å². The molecule has 1 aliphatic rings. The van der Waals surface area contributed by atoms with Crippen LogP contribution in [0.2, 0.25) is 0 Å². The molecule has 198 valence electrons. The number of aromatic nitrogens is 2. The van der Waals surface area contributed by atoms with Crippen LogP contribution in [0.3, 0.4) is 0 Å². The fourth-order valence-corrected chi connectivity index (χ4v) is 5.75. The van der Waals surface area contributed by atoms with Crippen LogP contribution < -0.4 is 10.2 Å². The summed E-state index contributed by atoms with van der Waals surface area (Å²) in [7, 11) is -6.74. The van der Waals surface area contributed by atoms with Crippen molar-refractivity contribution in [3.05, 3.63) is 90.5 Å². The van der Waals surface area contributed by atoms with E-state index >= 15 is 0 Å². The zero-order chi connectivity index (χ0) is 27.5. The van der Waals surface area contributed by atoms with Gasteiger partial charge >= 0.3 is 0 Å². The Morgan fingerprint density at radius 1 is 0.744 bits per heavy atom. The normalized spacial score (nSPS) is 15.4. The summed E-state index contributed by atoms with van der Waals surface area (Å²) >= 11 is 0. The second kappa shape index (κ2) is 8.92. The predicted octanol–water partition coefficient (Wildman–Crippen LogP) is 4.95. The molecule has 10 nitrogen and oxygen atoms in total. The van der Waals surface area contributed by atoms with Crippen LogP contribution in [0.1, 0.15) is 11.7 Å². The minimum absolute atomic E-state index is 0.153. The number of nitrogens with zero attached hydrogens (tertiary/aromatic N) is 2. The lowest BCUT2D eigenvalue weighted by Crippen LogP contribution is -2.23. The minimum Gasteiger partial charge on any atom is -0.360 e. The van der Waals surface area contributed by atoms with E-state index in [9.17, 15) is 25.9 Å². The number of hydrogen-bond acceptors (Lipinski definition) is 7. The first-order valence-corrected chi connectivity index (χ1v) is 14.6. The number of aromatic amines is 1. The zero-order valence-corrected chi connectivity index (χ0v) is 22.0. The van der Waals surface area contributed by atoms with E-state index in [0.717, 1.165) is 27.9 Å². The number of hydrogen-bond donors (Lipinski definition) is 4. The van der Waals surface area contributed by atoms with E-state index in [1.807, 2.05) is 60.5 Å². The molecule has 6 rings (SSSR count). The highest BCUT2D eigenvalue weighted by Gasteiger charge is 2.28. The summed E-state index contributed by atoms with van der Waals surface area (Å²) in [5.41, 5.74) is 6.32. The van der Waals surface area contributed by atoms with Gasteiger partial charge in [-0.1, -0.05) is 48.5 Å². The summed E-state index contributed by atoms with van der Waals surface area (Å²) < 4.78 is 64.6. The van der Waals surface area contributed by atoms with E-state index in [1.54, 1.807) is 6.07 Å². The second-order valence-electron chi connectivity index (χ2n) is 9.25. The van der Waals surface area contributed by atoms with Crippen LogP contribution in [0.25, 0.3) is 33.5 Å². The van der Waals surface area contributed by atoms with Crippen LogP contribution in [-0.2, 0) is 20.2 Å². The third-order valence-electron chi connectivity index (χ3n) is 6.80. The highest BCUT2D eigenvalue weighted by Crippen LogP contribution is 2.41. The number of benzene rings is 4. The molecule has 1 aromatic heterocycles. The van der Waals surface area contributed by atoms with Crippen molar-refractivity contribution in [3.63, 3.8) is 0 Å². The SMILES string of the molecule is CN1c2cc(S(=O)(=O)O)ccc2NC1c1ccc(-c2ccc(-c3nc4ccc(S(=O)(=O)O)cc4[nH]3)cc2)cc1. The van der Waals surface area contributed by atoms with Gasteiger partial charge in [-0.3, -0.25) is 9.11 Å². The Balaban J connectivity index is 1.22. The average Bonchev–Trinajstić information content (AvgIpc) is 3.48. The Hall–Kier alpha value is -4.23. The van der Waals surface area contributed by atoms with Crippen LogP contribution in [0, 0.1) is 0 Å². The first kappa shape index (κ1) is 25.1. The lowest BCUT2D eigenvalue weighted by molar-refractivity contribution is 0.481. The quantitative estimate of drug-likeness (QED) is 0.218. The van der Waals surface area contributed by atoms with E-state index in [0.29, 0.717) is 22.5 Å². The minimum atomic E-state index is -4.30. The largest absolute Gasteiger partial charge is 0.360 e. The van der Waals surface area contributed by atoms with Crippen LogP contribution in [0.5, 0.6) is 0 Å². The molecule has 1 aliphatic heterocycles. The second-order valence-corrected chi connectivity index (χ2v) is 12.1. The maximum atomic E-state index is 11.5. The molecule has 4 aromatic carbocycles. The Labute approximate surface area is 224 Å². The monoisotopic (exact) mass is 562 g/mol. The molecule has 0 fully saturated rings. The fraction of sp³-hybridized carbons (Fsp3) is 0.0741. The van der Waals surface area contributed by atoms with Crippen molar-refractivity contribution in [3.8, 4) is 22.5 Å². The van der Waals surface area contributed by atoms with Crippen molar-refractivity contribution in [2.75, 3.05) is 17.3 Å². The lowest BCUT2D eigenvalue weighted by Gasteiger charge is -2.23. The molecule has 1 atom stereocenters. The molecule has 4 N–H and O–H groups in total. The Morgan fingerprint density at radius 3 is 1.95 bits per heavy atom. The zero-order valence-electron chi connectivity index (χ0n) is 20.4. The summed E-state index contributed by atoms with van der Waals surface area (Å²) in [5, 5.41) is 3.38. The van der Waals surface area contributed by atoms with Gasteiger partial charge in [0.2, 0.25) is 0 Å². The smallest absolute Gasteiger partial charge is 0.294 e. The van der Waals surface area contributed by atoms with Gasteiger partial charge < -0.3 is 15.2 Å². The van der Waals surface area contributed by atoms with Crippen molar-refractivity contribution in [1.82, 2.24) is 9.97 Å². The van der Waals surface area contributed by atoms with Gasteiger partial charge in [0.05, 0.1) is 32.2 Å². The maximum absolute atomic E-state index is 11.5. The van der Waals surface area contributed by atoms with Gasteiger partial charge in [0.15, 0.2) is 0 Å². The Morgan fingerprint density at radius 2 is 1.31 bits per heavy atom. The van der Waals surface area contributed by atoms with Crippen molar-refractivity contribution < 1.29 is 25.9 Å². The number of rotatable bonds is 5. The summed E-state index contributed by atoms with van der Waals surface area (Å²) in [4.78, 5) is 9.18. The summed E-state index contributed by atoms with van der Waals surface area (Å²) in [6, 6.07) is 24.4. The number of imidazole rings is 1. The van der Waals surface area contributed by atoms with Crippen LogP contribution in [0.4, 0.5) is 11.4 Å². The molecule has 12 heteroatoms. The Kier molecular flexibility index (Phi) is 5.73. The molecule has 1 unspecified atom stereocenters. The van der Waals surface area contributed by atoms with Crippen molar-refractivity contribution >= 4 is 42.6 Å². The lowest BCUT2D eigenvalue weighted by atomic mass is 10.0. The van der Waals surface area contributed by atoms with E-state index < -0.39 is 20.2 Å². The van der Waals surface area contributed by atoms with Crippen LogP contribution in [-0.4, -0.2) is 43.0 Å². The summed E-state index contributed by atoms with van der Waals surface area (Å²) in [5.74, 6) is 0.575. The average molecular weight is 563 g/mol. The third kappa shape index (κ3) is 4.63. The van der Waals surface area contributed by atoms with E-state index in [-0.39, 0.29) is 16.0 Å². The molecule has 5 aromatic rings. The molecule has 0 saturated heterocycles. The summed E-state index contributed by atoms with van der Waals surface area (Å²) in [6.45, 7) is 0. The molecule has 2 heterocycles. The number of nitrogens with one attached hydrogen (secondary N) is 2. The molecule has 0 saturated carbocycles. The standard InChI is InChI=1S/C27H22N4O6S2/c1-31-25-15-21(39(35,36)37)11-13-23(25)30-27(31)19-8-4-17(5-9-19)16-2-6-18(7-3-16)26-28-22-12-10-20(38(32,33)34)14-24(22)29-26/h2-15,27,30H,1H3,(H,28,29)(H,32,33,34)(H,35,36,37). The van der Waals surface area contributed by atoms with Crippen LogP contribution in [0.15, 0.2) is 94.7 Å². The molecular weight excluding hydrogens is 540 g/mol. The number of anilines is 2. The fourth-order valence-electron chi connectivity index (χ4n) is 4.74. The number of fused-ring (bicyclic) bond motifs is 2. The molecule has 0 radical (unpaired) electrons. The van der Waals surface area contributed by atoms with Gasteiger partial charge in [-0.2, -0.15) is 16.8 Å². The first-order valence-electron chi connectivity index (χ1n) is 11.8. The van der Waals surface area contributed by atoms with Gasteiger partial charge in [0.1, 0.15) is 12.0 Å². The molecule has 0 aliphatic carbocycles. The maximum Gasteiger partial charge on any atom is 0.294 e. The third-order valence-corrected chi connectivity index (χ3v) is 8.50. The number of H-pyrrole nitrogens is 1. The molecule has 0 amide bonds. The summed E-state index contributed by atoms with van der Waals surface area (Å²) in [6.07, 6.45) is -0.206. The van der Waals surface area contributed by atoms with Gasteiger partial charge in [-0.25, -0.2) is 4.98 Å². The topological polar surface area (TPSA) is 153 Å². The van der Waals surface area contributed by atoms with Crippen molar-refractivity contribution in [2.45, 2.75) is 16.0 Å². The van der Waals surface area contributed by atoms with Gasteiger partial charge in [0, 0.05) is 12.6 Å². The van der Waals surface area contributed by atoms with E-state index in [2.05, 4.69) is 15.3 Å². The van der Waals surface area contributed by atoms with Gasteiger partial charge in [0.25, 0.3) is 20.2 Å². The van der Waals surface area contributed by atoms with Crippen molar-refractivity contribution in [1.29, 1.82) is 0 Å². The first-order chi connectivity index (χ1) is 18.5. The van der Waals surface area contributed by atoms with E-state index in [1.165, 1.54) is 30.3 Å². The molecule has 0 bridgehead atoms. The highest BCUT2D eigenvalue weighted by molar-refractivity contribution is 7.86. The van der Waals surface area contributed by atoms with Gasteiger partial charge in [-0.05, 0) is 53.1 Å². The molecule has 0 spiro atoms. The molecular formula is C27H22N4O6S2. The van der Waals surface area contributed by atoms with E-state index in [4.69, 9.17) is 0 Å². The molecule has 39 heavy (non-hydrogen) atoms. The van der Waals surface area contributed by atoms with Gasteiger partial charge in [-0.15, -0.1) is 0 Å². The highest BCUT2D eigenvalue weighted by atomic mass is 32.2.